The summed E-state index contributed by atoms with van der Waals surface area (Å²) in [6.07, 6.45) is 0.916. The number of hydrogen-bond donors (Lipinski definition) is 2. The number of benzene rings is 9. The maximum Gasteiger partial charge on any atom is 0.165 e. The molecule has 10 aromatic rings. The molecule has 3 N–H and O–H groups in total. The third kappa shape index (κ3) is 8.58. The number of rotatable bonds is 5. The Balaban J connectivity index is 0.000000167. The van der Waals surface area contributed by atoms with Crippen LogP contribution in [0.4, 0.5) is 0 Å². The minimum Gasteiger partial charge on any atom is -0.384 e. The van der Waals surface area contributed by atoms with Gasteiger partial charge in [0.1, 0.15) is 5.84 Å². The van der Waals surface area contributed by atoms with Gasteiger partial charge in [0.05, 0.1) is 0 Å². The summed E-state index contributed by atoms with van der Waals surface area (Å²) in [6, 6.07) is 62.3. The second kappa shape index (κ2) is 19.0. The maximum atomic E-state index is 11.3. The normalized spacial score (nSPS) is 10.6. The molecule has 1 heterocycles. The summed E-state index contributed by atoms with van der Waals surface area (Å²) in [6.45, 7) is 0. The van der Waals surface area contributed by atoms with Gasteiger partial charge in [-0.1, -0.05) is 188 Å². The number of amidine groups is 1. The number of fused-ring (bicyclic) bond motifs is 6. The van der Waals surface area contributed by atoms with Gasteiger partial charge in [0.25, 0.3) is 0 Å². The van der Waals surface area contributed by atoms with Crippen molar-refractivity contribution in [3.05, 3.63) is 208 Å². The number of nitrogens with two attached hydrogens (primary N) is 1. The number of nitrogens with one attached hydrogen (secondary N) is 1. The number of hydrogen-bond acceptors (Lipinski definition) is 5. The fourth-order valence-electron chi connectivity index (χ4n) is 7.10. The lowest BCUT2D eigenvalue weighted by atomic mass is 9.96. The van der Waals surface area contributed by atoms with E-state index in [-0.39, 0.29) is 18.2 Å². The molecule has 0 spiro atoms. The van der Waals surface area contributed by atoms with Gasteiger partial charge in [0.2, 0.25) is 0 Å². The number of nitrogens with zero attached hydrogens (tertiary/aromatic N) is 3. The van der Waals surface area contributed by atoms with Gasteiger partial charge < -0.3 is 5.73 Å². The maximum absolute atomic E-state index is 11.3. The Morgan fingerprint density at radius 3 is 1.20 bits per heavy atom. The molecule has 0 unspecified atom stereocenters. The van der Waals surface area contributed by atoms with Gasteiger partial charge in [-0.2, -0.15) is 0 Å². The van der Waals surface area contributed by atoms with E-state index in [1.807, 2.05) is 127 Å². The fourth-order valence-corrected chi connectivity index (χ4v) is 8.49. The molecule has 9 heteroatoms. The average Bonchev–Trinajstić information content (AvgIpc) is 3.30. The first kappa shape index (κ1) is 41.6. The molecule has 0 aliphatic carbocycles. The van der Waals surface area contributed by atoms with E-state index in [1.54, 1.807) is 0 Å². The van der Waals surface area contributed by atoms with Gasteiger partial charge in [0, 0.05) is 36.8 Å². The van der Waals surface area contributed by atoms with E-state index in [2.05, 4.69) is 92.5 Å². The van der Waals surface area contributed by atoms with Crippen LogP contribution in [0.3, 0.4) is 0 Å². The highest BCUT2D eigenvalue weighted by Gasteiger charge is 2.19. The van der Waals surface area contributed by atoms with Crippen molar-refractivity contribution in [3.8, 4) is 34.2 Å². The van der Waals surface area contributed by atoms with E-state index >= 15 is 0 Å². The minimum absolute atomic E-state index is 0. The molecule has 0 aliphatic rings. The monoisotopic (exact) mass is 927 g/mol. The van der Waals surface area contributed by atoms with Crippen LogP contribution in [0.15, 0.2) is 197 Å². The molecule has 0 saturated carbocycles. The second-order valence-corrected chi connectivity index (χ2v) is 15.1. The summed E-state index contributed by atoms with van der Waals surface area (Å²) in [5, 5.41) is 16.0. The number of carbonyl (C=O) groups is 1. The van der Waals surface area contributed by atoms with Crippen molar-refractivity contribution in [1.29, 1.82) is 5.41 Å². The van der Waals surface area contributed by atoms with Gasteiger partial charge in [-0.25, -0.2) is 15.0 Å². The molecule has 0 bridgehead atoms. The lowest BCUT2D eigenvalue weighted by Crippen LogP contribution is -2.10. The Kier molecular flexibility index (Phi) is 13.2. The summed E-state index contributed by atoms with van der Waals surface area (Å²) in [7, 11) is 0. The Morgan fingerprint density at radius 1 is 0.433 bits per heavy atom. The third-order valence-electron chi connectivity index (χ3n) is 9.90. The van der Waals surface area contributed by atoms with Gasteiger partial charge in [-0.15, -0.1) is 12.4 Å². The van der Waals surface area contributed by atoms with Crippen LogP contribution in [0, 0.1) is 5.41 Å². The first-order valence-electron chi connectivity index (χ1n) is 18.8. The van der Waals surface area contributed by atoms with Crippen molar-refractivity contribution < 1.29 is 4.79 Å². The number of aldehydes is 1. The summed E-state index contributed by atoms with van der Waals surface area (Å²) >= 11 is 7.43. The molecule has 0 amide bonds. The zero-order valence-corrected chi connectivity index (χ0v) is 36.0. The molecule has 6 nitrogen and oxygen atoms in total. The molecule has 9 aromatic carbocycles. The molecule has 60 heavy (non-hydrogen) atoms. The first-order chi connectivity index (χ1) is 28.9. The highest BCUT2D eigenvalue weighted by Crippen LogP contribution is 2.42. The summed E-state index contributed by atoms with van der Waals surface area (Å²) in [4.78, 5) is 26.0. The fraction of sp³-hybridized carbons (Fsp3) is 0. The van der Waals surface area contributed by atoms with Crippen molar-refractivity contribution in [2.45, 2.75) is 0 Å². The van der Waals surface area contributed by atoms with Crippen LogP contribution in [0.2, 0.25) is 0 Å². The van der Waals surface area contributed by atoms with Crippen molar-refractivity contribution in [2.24, 2.45) is 5.73 Å². The SMILES string of the molecule is Brc1c(-c2nc(-c3ccccc3)nc(-c3ccccc3)n2)c2ccccc2c2ccccc12.Cl.N=C(N)c1ccccc1.O=Cc1c(Br)c2ccccc2c2ccccc12. The number of carbonyl (C=O) groups excluding carboxylic acids is 1. The van der Waals surface area contributed by atoms with Crippen LogP contribution in [0.25, 0.3) is 77.3 Å². The zero-order chi connectivity index (χ0) is 40.7. The largest absolute Gasteiger partial charge is 0.384 e. The molecule has 10 rings (SSSR count). The molecule has 1 aromatic heterocycles. The summed E-state index contributed by atoms with van der Waals surface area (Å²) in [5.41, 5.74) is 9.58. The van der Waals surface area contributed by atoms with Gasteiger partial charge in [-0.3, -0.25) is 10.2 Å². The minimum atomic E-state index is 0. The highest BCUT2D eigenvalue weighted by molar-refractivity contribution is 9.11. The number of halogens is 3. The molecule has 0 saturated heterocycles. The Morgan fingerprint density at radius 2 is 0.767 bits per heavy atom. The number of nitrogen functional groups attached to an aromatic ring is 1. The molecule has 0 atom stereocenters. The first-order valence-corrected chi connectivity index (χ1v) is 20.4. The van der Waals surface area contributed by atoms with E-state index in [1.165, 1.54) is 16.2 Å². The van der Waals surface area contributed by atoms with E-state index in [4.69, 9.17) is 26.1 Å². The summed E-state index contributed by atoms with van der Waals surface area (Å²) in [5.74, 6) is 2.08. The highest BCUT2D eigenvalue weighted by atomic mass is 79.9. The van der Waals surface area contributed by atoms with Crippen LogP contribution in [-0.2, 0) is 0 Å². The van der Waals surface area contributed by atoms with Crippen molar-refractivity contribution in [3.63, 3.8) is 0 Å². The molecule has 0 radical (unpaired) electrons. The summed E-state index contributed by atoms with van der Waals surface area (Å²) < 4.78 is 1.86. The zero-order valence-electron chi connectivity index (χ0n) is 32.0. The van der Waals surface area contributed by atoms with Crippen LogP contribution in [0.1, 0.15) is 15.9 Å². The Bertz CT molecular complexity index is 3070. The van der Waals surface area contributed by atoms with Crippen LogP contribution < -0.4 is 5.73 Å². The van der Waals surface area contributed by atoms with Crippen LogP contribution >= 0.6 is 44.3 Å². The van der Waals surface area contributed by atoms with Gasteiger partial charge >= 0.3 is 0 Å². The van der Waals surface area contributed by atoms with E-state index in [0.29, 0.717) is 17.5 Å². The smallest absolute Gasteiger partial charge is 0.165 e. The van der Waals surface area contributed by atoms with Crippen LogP contribution in [0.5, 0.6) is 0 Å². The lowest BCUT2D eigenvalue weighted by Gasteiger charge is -2.14. The standard InChI is InChI=1S/C29H18BrN3.C15H9BrO.C7H8N2.ClH/c30-26-24-18-10-8-16-22(24)21-15-7-9-17-23(21)25(26)29-32-27(19-11-3-1-4-12-19)31-28(33-29)20-13-5-2-6-14-20;16-15-13-8-4-3-6-11(13)10-5-1-2-7-12(10)14(15)9-17;8-7(9)6-4-2-1-3-5-6;/h1-18H;1-9H;1-5H,(H3,8,9);1H. The van der Waals surface area contributed by atoms with E-state index in [0.717, 1.165) is 70.0 Å². The van der Waals surface area contributed by atoms with Crippen molar-refractivity contribution >= 4 is 99.5 Å². The molecule has 0 aliphatic heterocycles. The van der Waals surface area contributed by atoms with E-state index in [9.17, 15) is 4.79 Å². The van der Waals surface area contributed by atoms with E-state index < -0.39 is 0 Å². The topological polar surface area (TPSA) is 106 Å². The van der Waals surface area contributed by atoms with Crippen LogP contribution in [-0.4, -0.2) is 27.1 Å². The van der Waals surface area contributed by atoms with Crippen molar-refractivity contribution in [2.75, 3.05) is 0 Å². The predicted octanol–water partition coefficient (Wildman–Crippen LogP) is 13.9. The quantitative estimate of drug-likeness (QED) is 0.0774. The molecular formula is C51H36Br2ClN5O. The Hall–Kier alpha value is -6.58. The number of aromatic nitrogens is 3. The molecular weight excluding hydrogens is 894 g/mol. The second-order valence-electron chi connectivity index (χ2n) is 13.5. The predicted molar refractivity (Wildman–Crippen MR) is 258 cm³/mol. The molecule has 0 fully saturated rings. The van der Waals surface area contributed by atoms with Gasteiger partial charge in [0.15, 0.2) is 23.8 Å². The molecule has 292 valence electrons. The Labute approximate surface area is 370 Å². The van der Waals surface area contributed by atoms with Gasteiger partial charge in [-0.05, 0) is 74.9 Å². The average molecular weight is 930 g/mol. The lowest BCUT2D eigenvalue weighted by molar-refractivity contribution is 0.112. The third-order valence-corrected chi connectivity index (χ3v) is 11.6. The van der Waals surface area contributed by atoms with Crippen molar-refractivity contribution in [1.82, 2.24) is 15.0 Å².